The molecule has 0 fully saturated rings. The predicted molar refractivity (Wildman–Crippen MR) is 283 cm³/mol. The van der Waals surface area contributed by atoms with E-state index in [1.807, 2.05) is 0 Å². The smallest absolute Gasteiger partial charge is 0.143 e. The molecule has 3 heteroatoms. The number of fused-ring (bicyclic) bond motifs is 17. The molecule has 3 aliphatic carbocycles. The fourth-order valence-corrected chi connectivity index (χ4v) is 13.0. The number of anilines is 3. The molecule has 11 aromatic rings. The number of rotatable bonds is 4. The summed E-state index contributed by atoms with van der Waals surface area (Å²) in [7, 11) is 0. The lowest BCUT2D eigenvalue weighted by Gasteiger charge is -2.29. The summed E-state index contributed by atoms with van der Waals surface area (Å²) in [5, 5.41) is 4.77. The van der Waals surface area contributed by atoms with Crippen LogP contribution in [0.15, 0.2) is 173 Å². The lowest BCUT2D eigenvalue weighted by Crippen LogP contribution is -2.18. The zero-order valence-corrected chi connectivity index (χ0v) is 39.9. The van der Waals surface area contributed by atoms with Gasteiger partial charge in [0.15, 0.2) is 0 Å². The standard InChI is InChI=1S/C65H51NO2/c1-36-22-25-41(37(2)30-36)47-34-54-58(61-45-19-13-15-21-56(45)68-62(47)61)43-27-24-40(32-51(43)65(54,7)8)66(38-16-10-9-11-17-38)39-23-26-42-46-33-53-48(35-52(46)64(5,6)50(42)31-39)59-49(63(53,3)4)28-29-57-60(59)44-18-12-14-20-55(44)67-57/h9-35H,1-8H3. The summed E-state index contributed by atoms with van der Waals surface area (Å²) in [6.07, 6.45) is 0. The summed E-state index contributed by atoms with van der Waals surface area (Å²) in [6, 6.07) is 61.1. The van der Waals surface area contributed by atoms with Gasteiger partial charge in [-0.1, -0.05) is 138 Å². The van der Waals surface area contributed by atoms with Crippen LogP contribution in [0, 0.1) is 13.8 Å². The Kier molecular flexibility index (Phi) is 7.73. The van der Waals surface area contributed by atoms with Crippen LogP contribution >= 0.6 is 0 Å². The van der Waals surface area contributed by atoms with Gasteiger partial charge >= 0.3 is 0 Å². The fourth-order valence-electron chi connectivity index (χ4n) is 13.0. The zero-order valence-electron chi connectivity index (χ0n) is 39.9. The minimum absolute atomic E-state index is 0.165. The van der Waals surface area contributed by atoms with Crippen molar-refractivity contribution in [2.45, 2.75) is 71.6 Å². The van der Waals surface area contributed by atoms with E-state index in [4.69, 9.17) is 8.83 Å². The van der Waals surface area contributed by atoms with Crippen LogP contribution in [0.4, 0.5) is 17.1 Å². The molecular formula is C65H51NO2. The van der Waals surface area contributed by atoms with E-state index in [1.54, 1.807) is 0 Å². The lowest BCUT2D eigenvalue weighted by molar-refractivity contribution is 0.651. The highest BCUT2D eigenvalue weighted by molar-refractivity contribution is 6.19. The largest absolute Gasteiger partial charge is 0.456 e. The predicted octanol–water partition coefficient (Wildman–Crippen LogP) is 18.2. The Balaban J connectivity index is 0.925. The summed E-state index contributed by atoms with van der Waals surface area (Å²) < 4.78 is 13.3. The average Bonchev–Trinajstić information content (AvgIpc) is 4.08. The molecule has 0 spiro atoms. The van der Waals surface area contributed by atoms with E-state index in [1.165, 1.54) is 99.6 Å². The summed E-state index contributed by atoms with van der Waals surface area (Å²) in [4.78, 5) is 2.46. The quantitative estimate of drug-likeness (QED) is 0.176. The van der Waals surface area contributed by atoms with Crippen LogP contribution in [-0.4, -0.2) is 0 Å². The van der Waals surface area contributed by atoms with Gasteiger partial charge in [0.05, 0.1) is 0 Å². The summed E-state index contributed by atoms with van der Waals surface area (Å²) in [5.74, 6) is 0. The van der Waals surface area contributed by atoms with Crippen molar-refractivity contribution in [1.29, 1.82) is 0 Å². The molecule has 0 aliphatic heterocycles. The molecule has 3 nitrogen and oxygen atoms in total. The maximum Gasteiger partial charge on any atom is 0.143 e. The van der Waals surface area contributed by atoms with Crippen molar-refractivity contribution in [3.63, 3.8) is 0 Å². The first kappa shape index (κ1) is 39.5. The van der Waals surface area contributed by atoms with Crippen molar-refractivity contribution in [1.82, 2.24) is 0 Å². The molecule has 0 saturated carbocycles. The van der Waals surface area contributed by atoms with E-state index in [2.05, 4.69) is 224 Å². The third-order valence-corrected chi connectivity index (χ3v) is 16.4. The molecule has 2 aromatic heterocycles. The molecule has 328 valence electrons. The first-order valence-corrected chi connectivity index (χ1v) is 24.2. The van der Waals surface area contributed by atoms with E-state index < -0.39 is 0 Å². The van der Waals surface area contributed by atoms with Gasteiger partial charge in [0.1, 0.15) is 22.3 Å². The third kappa shape index (κ3) is 5.09. The molecule has 9 aromatic carbocycles. The Labute approximate surface area is 397 Å². The number of para-hydroxylation sites is 3. The molecule has 0 bridgehead atoms. The highest BCUT2D eigenvalue weighted by atomic mass is 16.3. The average molecular weight is 878 g/mol. The van der Waals surface area contributed by atoms with Crippen LogP contribution in [0.2, 0.25) is 0 Å². The van der Waals surface area contributed by atoms with E-state index in [9.17, 15) is 0 Å². The molecule has 0 radical (unpaired) electrons. The second kappa shape index (κ2) is 13.3. The second-order valence-corrected chi connectivity index (χ2v) is 21.4. The number of hydrogen-bond donors (Lipinski definition) is 0. The van der Waals surface area contributed by atoms with Crippen molar-refractivity contribution >= 4 is 60.9 Å². The first-order chi connectivity index (χ1) is 32.8. The van der Waals surface area contributed by atoms with Crippen LogP contribution in [0.25, 0.3) is 88.4 Å². The maximum absolute atomic E-state index is 6.85. The van der Waals surface area contributed by atoms with E-state index in [-0.39, 0.29) is 16.2 Å². The highest BCUT2D eigenvalue weighted by Crippen LogP contribution is 2.60. The number of aryl methyl sites for hydroxylation is 2. The summed E-state index contributed by atoms with van der Waals surface area (Å²) >= 11 is 0. The van der Waals surface area contributed by atoms with Crippen molar-refractivity contribution < 1.29 is 8.83 Å². The van der Waals surface area contributed by atoms with Gasteiger partial charge in [0, 0.05) is 60.4 Å². The Bertz CT molecular complexity index is 4020. The molecule has 14 rings (SSSR count). The van der Waals surface area contributed by atoms with Gasteiger partial charge in [-0.2, -0.15) is 0 Å². The topological polar surface area (TPSA) is 29.5 Å². The summed E-state index contributed by atoms with van der Waals surface area (Å²) in [5.41, 5.74) is 27.4. The Morgan fingerprint density at radius 2 is 0.897 bits per heavy atom. The lowest BCUT2D eigenvalue weighted by atomic mass is 9.79. The van der Waals surface area contributed by atoms with Crippen LogP contribution < -0.4 is 4.90 Å². The van der Waals surface area contributed by atoms with E-state index >= 15 is 0 Å². The van der Waals surface area contributed by atoms with Gasteiger partial charge in [-0.05, 0) is 165 Å². The fraction of sp³-hybridized carbons (Fsp3) is 0.169. The molecule has 0 N–H and O–H groups in total. The van der Waals surface area contributed by atoms with Crippen molar-refractivity contribution in [2.24, 2.45) is 0 Å². The normalized spacial score (nSPS) is 15.4. The van der Waals surface area contributed by atoms with Gasteiger partial charge in [-0.15, -0.1) is 0 Å². The van der Waals surface area contributed by atoms with Crippen molar-refractivity contribution in [2.75, 3.05) is 4.90 Å². The van der Waals surface area contributed by atoms with Crippen LogP contribution in [0.3, 0.4) is 0 Å². The molecule has 68 heavy (non-hydrogen) atoms. The maximum atomic E-state index is 6.85. The highest BCUT2D eigenvalue weighted by Gasteiger charge is 2.44. The number of hydrogen-bond acceptors (Lipinski definition) is 3. The number of nitrogens with zero attached hydrogens (tertiary/aromatic N) is 1. The first-order valence-electron chi connectivity index (χ1n) is 24.2. The van der Waals surface area contributed by atoms with Crippen molar-refractivity contribution in [3.05, 3.63) is 208 Å². The minimum atomic E-state index is -0.286. The summed E-state index contributed by atoms with van der Waals surface area (Å²) in [6.45, 7) is 18.8. The molecule has 0 saturated heterocycles. The Morgan fingerprint density at radius 1 is 0.353 bits per heavy atom. The molecule has 2 heterocycles. The molecule has 3 aliphatic rings. The SMILES string of the molecule is Cc1ccc(-c2cc3c(c4c2oc2ccccc24)-c2ccc(N(c4ccccc4)c4ccc5c(c4)C(C)(C)c4cc6c(cc4-5)C(C)(C)c4ccc5oc7ccccc7c5c4-6)cc2C3(C)C)c(C)c1. The van der Waals surface area contributed by atoms with Gasteiger partial charge in [-0.3, -0.25) is 0 Å². The molecule has 0 amide bonds. The number of benzene rings is 9. The third-order valence-electron chi connectivity index (χ3n) is 16.4. The van der Waals surface area contributed by atoms with Crippen LogP contribution in [0.5, 0.6) is 0 Å². The van der Waals surface area contributed by atoms with E-state index in [0.717, 1.165) is 50.3 Å². The van der Waals surface area contributed by atoms with Crippen LogP contribution in [0.1, 0.15) is 86.1 Å². The minimum Gasteiger partial charge on any atom is -0.456 e. The second-order valence-electron chi connectivity index (χ2n) is 21.4. The Morgan fingerprint density at radius 3 is 1.63 bits per heavy atom. The Hall–Kier alpha value is -7.62. The number of furan rings is 2. The molecule has 0 atom stereocenters. The van der Waals surface area contributed by atoms with Gasteiger partial charge in [-0.25, -0.2) is 0 Å². The molecule has 0 unspecified atom stereocenters. The van der Waals surface area contributed by atoms with Gasteiger partial charge in [0.2, 0.25) is 0 Å². The van der Waals surface area contributed by atoms with Gasteiger partial charge in [0.25, 0.3) is 0 Å². The van der Waals surface area contributed by atoms with E-state index in [0.29, 0.717) is 0 Å². The monoisotopic (exact) mass is 877 g/mol. The van der Waals surface area contributed by atoms with Gasteiger partial charge < -0.3 is 13.7 Å². The van der Waals surface area contributed by atoms with Crippen LogP contribution in [-0.2, 0) is 16.2 Å². The van der Waals surface area contributed by atoms with Crippen molar-refractivity contribution in [3.8, 4) is 44.5 Å². The zero-order chi connectivity index (χ0) is 46.2. The molecular weight excluding hydrogens is 827 g/mol.